The second-order valence-electron chi connectivity index (χ2n) is 7.10. The van der Waals surface area contributed by atoms with Crippen LogP contribution in [0.3, 0.4) is 0 Å². The highest BCUT2D eigenvalue weighted by Gasteiger charge is 2.23. The van der Waals surface area contributed by atoms with E-state index in [-0.39, 0.29) is 5.91 Å². The number of nitrogens with one attached hydrogen (secondary N) is 2. The van der Waals surface area contributed by atoms with Crippen LogP contribution >= 0.6 is 0 Å². The van der Waals surface area contributed by atoms with Crippen molar-refractivity contribution in [2.45, 2.75) is 0 Å². The number of hydroxylamine groups is 2. The van der Waals surface area contributed by atoms with E-state index in [0.717, 1.165) is 43.2 Å². The van der Waals surface area contributed by atoms with Crippen LogP contribution in [0.15, 0.2) is 42.5 Å². The summed E-state index contributed by atoms with van der Waals surface area (Å²) in [5, 5.41) is 3.15. The van der Waals surface area contributed by atoms with Crippen molar-refractivity contribution in [2.75, 3.05) is 62.7 Å². The SMILES string of the molecule is CON(C)C(=O)c1ccc2c(c1)N(c1ccc(N3CCN(C)CC3)cc1)NN2. The summed E-state index contributed by atoms with van der Waals surface area (Å²) in [4.78, 5) is 22.2. The zero-order chi connectivity index (χ0) is 19.7. The number of carbonyl (C=O) groups is 1. The molecule has 1 fully saturated rings. The van der Waals surface area contributed by atoms with Crippen molar-refractivity contribution in [1.29, 1.82) is 0 Å². The second-order valence-corrected chi connectivity index (χ2v) is 7.10. The number of hydrogen-bond donors (Lipinski definition) is 2. The molecular formula is C20H26N6O2. The summed E-state index contributed by atoms with van der Waals surface area (Å²) < 4.78 is 0. The van der Waals surface area contributed by atoms with Gasteiger partial charge in [0.25, 0.3) is 5.91 Å². The predicted molar refractivity (Wildman–Crippen MR) is 111 cm³/mol. The number of hydrazine groups is 2. The number of hydrogen-bond acceptors (Lipinski definition) is 7. The third-order valence-electron chi connectivity index (χ3n) is 5.32. The van der Waals surface area contributed by atoms with E-state index in [1.807, 2.05) is 17.1 Å². The maximum absolute atomic E-state index is 12.4. The van der Waals surface area contributed by atoms with Gasteiger partial charge in [-0.05, 0) is 49.5 Å². The van der Waals surface area contributed by atoms with E-state index in [2.05, 4.69) is 52.1 Å². The van der Waals surface area contributed by atoms with E-state index in [0.29, 0.717) is 5.56 Å². The van der Waals surface area contributed by atoms with Crippen LogP contribution in [0, 0.1) is 0 Å². The van der Waals surface area contributed by atoms with E-state index in [1.54, 1.807) is 13.1 Å². The molecule has 1 saturated heterocycles. The first kappa shape index (κ1) is 18.5. The predicted octanol–water partition coefficient (Wildman–Crippen LogP) is 2.06. The average Bonchev–Trinajstić information content (AvgIpc) is 3.16. The van der Waals surface area contributed by atoms with Gasteiger partial charge in [0, 0.05) is 44.5 Å². The van der Waals surface area contributed by atoms with Gasteiger partial charge in [-0.15, -0.1) is 5.53 Å². The molecule has 0 bridgehead atoms. The molecule has 0 radical (unpaired) electrons. The van der Waals surface area contributed by atoms with Gasteiger partial charge in [-0.2, -0.15) is 0 Å². The number of benzene rings is 2. The molecule has 1 amide bonds. The molecule has 0 saturated carbocycles. The van der Waals surface area contributed by atoms with Crippen LogP contribution in [0.25, 0.3) is 0 Å². The monoisotopic (exact) mass is 382 g/mol. The highest BCUT2D eigenvalue weighted by molar-refractivity contribution is 5.96. The van der Waals surface area contributed by atoms with Gasteiger partial charge < -0.3 is 15.2 Å². The second kappa shape index (κ2) is 7.67. The number of anilines is 4. The van der Waals surface area contributed by atoms with E-state index in [9.17, 15) is 4.79 Å². The van der Waals surface area contributed by atoms with Gasteiger partial charge >= 0.3 is 0 Å². The molecule has 148 valence electrons. The third kappa shape index (κ3) is 3.49. The Kier molecular flexibility index (Phi) is 5.08. The Labute approximate surface area is 165 Å². The summed E-state index contributed by atoms with van der Waals surface area (Å²) in [6.45, 7) is 4.25. The third-order valence-corrected chi connectivity index (χ3v) is 5.32. The maximum Gasteiger partial charge on any atom is 0.277 e. The zero-order valence-corrected chi connectivity index (χ0v) is 16.5. The molecule has 0 spiro atoms. The van der Waals surface area contributed by atoms with E-state index in [4.69, 9.17) is 4.84 Å². The fourth-order valence-electron chi connectivity index (χ4n) is 3.48. The van der Waals surface area contributed by atoms with Crippen LogP contribution < -0.4 is 20.9 Å². The first-order valence-corrected chi connectivity index (χ1v) is 9.38. The Morgan fingerprint density at radius 3 is 2.39 bits per heavy atom. The fraction of sp³-hybridized carbons (Fsp3) is 0.350. The highest BCUT2D eigenvalue weighted by Crippen LogP contribution is 2.36. The van der Waals surface area contributed by atoms with Gasteiger partial charge in [0.2, 0.25) is 0 Å². The van der Waals surface area contributed by atoms with Gasteiger partial charge in [0.1, 0.15) is 0 Å². The van der Waals surface area contributed by atoms with Crippen molar-refractivity contribution in [1.82, 2.24) is 15.5 Å². The minimum absolute atomic E-state index is 0.192. The fourth-order valence-corrected chi connectivity index (χ4v) is 3.48. The summed E-state index contributed by atoms with van der Waals surface area (Å²) >= 11 is 0. The van der Waals surface area contributed by atoms with Crippen LogP contribution in [-0.2, 0) is 4.84 Å². The van der Waals surface area contributed by atoms with Crippen LogP contribution in [0.4, 0.5) is 22.7 Å². The van der Waals surface area contributed by atoms with Crippen molar-refractivity contribution in [3.8, 4) is 0 Å². The van der Waals surface area contributed by atoms with Crippen LogP contribution in [0.1, 0.15) is 10.4 Å². The largest absolute Gasteiger partial charge is 0.369 e. The molecule has 2 aromatic carbocycles. The number of nitrogens with zero attached hydrogens (tertiary/aromatic N) is 4. The van der Waals surface area contributed by atoms with Gasteiger partial charge in [-0.1, -0.05) is 0 Å². The van der Waals surface area contributed by atoms with E-state index >= 15 is 0 Å². The normalized spacial score (nSPS) is 16.7. The lowest BCUT2D eigenvalue weighted by Crippen LogP contribution is -2.44. The Morgan fingerprint density at radius 2 is 1.71 bits per heavy atom. The summed E-state index contributed by atoms with van der Waals surface area (Å²) in [6.07, 6.45) is 0. The van der Waals surface area contributed by atoms with Gasteiger partial charge in [0.15, 0.2) is 0 Å². The molecule has 2 aliphatic rings. The lowest BCUT2D eigenvalue weighted by atomic mass is 10.1. The minimum Gasteiger partial charge on any atom is -0.369 e. The summed E-state index contributed by atoms with van der Waals surface area (Å²) in [5.74, 6) is -0.192. The summed E-state index contributed by atoms with van der Waals surface area (Å²) in [5.41, 5.74) is 10.9. The molecule has 2 heterocycles. The standard InChI is InChI=1S/C20H26N6O2/c1-23-10-12-25(13-11-23)16-5-7-17(8-6-16)26-19-14-15(20(27)24(2)28-3)4-9-18(19)21-22-26/h4-9,14,21-22H,10-13H2,1-3H3. The topological polar surface area (TPSA) is 63.3 Å². The molecule has 8 heteroatoms. The van der Waals surface area contributed by atoms with E-state index < -0.39 is 0 Å². The zero-order valence-electron chi connectivity index (χ0n) is 16.5. The average molecular weight is 382 g/mol. The lowest BCUT2D eigenvalue weighted by Gasteiger charge is -2.34. The maximum atomic E-state index is 12.4. The summed E-state index contributed by atoms with van der Waals surface area (Å²) in [6, 6.07) is 14.0. The molecule has 8 nitrogen and oxygen atoms in total. The van der Waals surface area contributed by atoms with Gasteiger partial charge in [-0.25, -0.2) is 5.06 Å². The number of fused-ring (bicyclic) bond motifs is 1. The van der Waals surface area contributed by atoms with Crippen LogP contribution in [0.5, 0.6) is 0 Å². The summed E-state index contributed by atoms with van der Waals surface area (Å²) in [7, 11) is 5.23. The number of piperazine rings is 1. The molecule has 28 heavy (non-hydrogen) atoms. The molecule has 2 aliphatic heterocycles. The van der Waals surface area contributed by atoms with Crippen molar-refractivity contribution in [3.05, 3.63) is 48.0 Å². The molecule has 0 atom stereocenters. The van der Waals surface area contributed by atoms with Crippen LogP contribution in [0.2, 0.25) is 0 Å². The first-order valence-electron chi connectivity index (χ1n) is 9.38. The molecular weight excluding hydrogens is 356 g/mol. The number of carbonyl (C=O) groups excluding carboxylic acids is 1. The molecule has 2 aromatic rings. The molecule has 0 unspecified atom stereocenters. The Hall–Kier alpha value is -2.81. The lowest BCUT2D eigenvalue weighted by molar-refractivity contribution is -0.0756. The molecule has 0 aliphatic carbocycles. The van der Waals surface area contributed by atoms with Crippen LogP contribution in [-0.4, -0.2) is 63.3 Å². The van der Waals surface area contributed by atoms with Gasteiger partial charge in [-0.3, -0.25) is 14.6 Å². The van der Waals surface area contributed by atoms with Crippen molar-refractivity contribution in [2.24, 2.45) is 0 Å². The highest BCUT2D eigenvalue weighted by atomic mass is 16.7. The smallest absolute Gasteiger partial charge is 0.277 e. The quantitative estimate of drug-likeness (QED) is 0.785. The van der Waals surface area contributed by atoms with Crippen molar-refractivity contribution < 1.29 is 9.63 Å². The van der Waals surface area contributed by atoms with Crippen molar-refractivity contribution in [3.63, 3.8) is 0 Å². The van der Waals surface area contributed by atoms with E-state index in [1.165, 1.54) is 17.9 Å². The molecule has 4 rings (SSSR count). The number of likely N-dealkylation sites (N-methyl/N-ethyl adjacent to an activating group) is 1. The first-order chi connectivity index (χ1) is 13.6. The Bertz CT molecular complexity index is 848. The number of rotatable bonds is 4. The van der Waals surface area contributed by atoms with Gasteiger partial charge in [0.05, 0.1) is 24.2 Å². The minimum atomic E-state index is -0.192. The molecule has 0 aromatic heterocycles. The number of amides is 1. The molecule has 2 N–H and O–H groups in total. The Balaban J connectivity index is 1.54. The Morgan fingerprint density at radius 1 is 1.04 bits per heavy atom. The van der Waals surface area contributed by atoms with Crippen molar-refractivity contribution >= 4 is 28.7 Å².